The molecule has 1 aliphatic rings. The van der Waals surface area contributed by atoms with Crippen molar-refractivity contribution in [3.05, 3.63) is 63.6 Å². The smallest absolute Gasteiger partial charge is 0.248 e. The Labute approximate surface area is 185 Å². The van der Waals surface area contributed by atoms with Crippen molar-refractivity contribution in [2.45, 2.75) is 18.6 Å². The molecule has 0 aromatic heterocycles. The number of nitrogens with zero attached hydrogens (tertiary/aromatic N) is 1. The van der Waals surface area contributed by atoms with E-state index in [1.807, 2.05) is 0 Å². The van der Waals surface area contributed by atoms with Gasteiger partial charge in [0, 0.05) is 34.4 Å². The Morgan fingerprint density at radius 1 is 1.13 bits per heavy atom. The number of rotatable bonds is 6. The first-order valence-corrected chi connectivity index (χ1v) is 11.6. The summed E-state index contributed by atoms with van der Waals surface area (Å²) in [6, 6.07) is 10.9. The summed E-state index contributed by atoms with van der Waals surface area (Å²) in [4.78, 5) is 23.8. The van der Waals surface area contributed by atoms with Gasteiger partial charge in [-0.25, -0.2) is 12.7 Å². The predicted molar refractivity (Wildman–Crippen MR) is 117 cm³/mol. The van der Waals surface area contributed by atoms with Crippen molar-refractivity contribution in [3.8, 4) is 0 Å². The van der Waals surface area contributed by atoms with E-state index in [1.165, 1.54) is 22.5 Å². The molecule has 0 spiro atoms. The summed E-state index contributed by atoms with van der Waals surface area (Å²) in [6.45, 7) is 0.448. The maximum atomic E-state index is 12.9. The van der Waals surface area contributed by atoms with E-state index in [4.69, 9.17) is 28.9 Å². The normalized spacial score (nSPS) is 17.5. The van der Waals surface area contributed by atoms with Crippen LogP contribution in [-0.2, 0) is 20.6 Å². The third kappa shape index (κ3) is 5.51. The van der Waals surface area contributed by atoms with Crippen molar-refractivity contribution in [2.75, 3.05) is 18.4 Å². The van der Waals surface area contributed by atoms with Crippen molar-refractivity contribution in [2.24, 2.45) is 11.7 Å². The van der Waals surface area contributed by atoms with E-state index in [0.29, 0.717) is 41.2 Å². The van der Waals surface area contributed by atoms with E-state index in [2.05, 4.69) is 5.32 Å². The van der Waals surface area contributed by atoms with Crippen molar-refractivity contribution in [1.29, 1.82) is 0 Å². The zero-order valence-electron chi connectivity index (χ0n) is 16.0. The van der Waals surface area contributed by atoms with E-state index >= 15 is 0 Å². The minimum Gasteiger partial charge on any atom is -0.366 e. The van der Waals surface area contributed by atoms with Gasteiger partial charge in [-0.05, 0) is 54.8 Å². The van der Waals surface area contributed by atoms with Crippen LogP contribution in [0.5, 0.6) is 0 Å². The van der Waals surface area contributed by atoms with Gasteiger partial charge in [-0.15, -0.1) is 0 Å². The molecule has 2 aromatic carbocycles. The van der Waals surface area contributed by atoms with Gasteiger partial charge < -0.3 is 11.1 Å². The van der Waals surface area contributed by atoms with Crippen LogP contribution in [0, 0.1) is 5.92 Å². The van der Waals surface area contributed by atoms with Crippen molar-refractivity contribution >= 4 is 50.7 Å². The topological polar surface area (TPSA) is 110 Å². The SMILES string of the molecule is NC(=O)c1ccc(NC(=O)[C@@H]2CCCN(S(=O)(=O)Cc3ccc(Cl)cc3Cl)C2)cc1. The second kappa shape index (κ2) is 9.34. The predicted octanol–water partition coefficient (Wildman–Crippen LogP) is 3.27. The van der Waals surface area contributed by atoms with Crippen LogP contribution in [0.3, 0.4) is 0 Å². The molecule has 10 heteroatoms. The third-order valence-electron chi connectivity index (χ3n) is 4.94. The molecule has 160 valence electrons. The minimum atomic E-state index is -3.65. The third-order valence-corrected chi connectivity index (χ3v) is 7.32. The van der Waals surface area contributed by atoms with Crippen molar-refractivity contribution in [1.82, 2.24) is 4.31 Å². The maximum Gasteiger partial charge on any atom is 0.248 e. The largest absolute Gasteiger partial charge is 0.366 e. The van der Waals surface area contributed by atoms with Crippen LogP contribution in [-0.4, -0.2) is 37.6 Å². The van der Waals surface area contributed by atoms with Gasteiger partial charge >= 0.3 is 0 Å². The summed E-state index contributed by atoms with van der Waals surface area (Å²) in [5.74, 6) is -1.57. The number of primary amides is 1. The highest BCUT2D eigenvalue weighted by molar-refractivity contribution is 7.88. The Morgan fingerprint density at radius 2 is 1.83 bits per heavy atom. The molecule has 1 saturated heterocycles. The van der Waals surface area contributed by atoms with E-state index in [1.54, 1.807) is 24.3 Å². The number of halogens is 2. The molecular formula is C20H21Cl2N3O4S. The number of amides is 2. The first kappa shape index (κ1) is 22.6. The minimum absolute atomic E-state index is 0.0960. The van der Waals surface area contributed by atoms with Crippen LogP contribution in [0.2, 0.25) is 10.0 Å². The number of anilines is 1. The number of nitrogens with two attached hydrogens (primary N) is 1. The van der Waals surface area contributed by atoms with Crippen LogP contribution in [0.15, 0.2) is 42.5 Å². The molecule has 1 heterocycles. The molecule has 1 fully saturated rings. The summed E-state index contributed by atoms with van der Waals surface area (Å²) in [6.07, 6.45) is 1.16. The van der Waals surface area contributed by atoms with Crippen LogP contribution >= 0.6 is 23.2 Å². The summed E-state index contributed by atoms with van der Waals surface area (Å²) in [7, 11) is -3.65. The van der Waals surface area contributed by atoms with E-state index < -0.39 is 21.8 Å². The molecule has 1 atom stereocenters. The lowest BCUT2D eigenvalue weighted by Crippen LogP contribution is -2.44. The highest BCUT2D eigenvalue weighted by Crippen LogP contribution is 2.27. The number of piperidine rings is 1. The molecule has 3 rings (SSSR count). The lowest BCUT2D eigenvalue weighted by atomic mass is 9.98. The standard InChI is InChI=1S/C20H21Cl2N3O4S/c21-16-6-3-15(18(22)10-16)12-30(28,29)25-9-1-2-14(11-25)20(27)24-17-7-4-13(5-8-17)19(23)26/h3-8,10,14H,1-2,9,11-12H2,(H2,23,26)(H,24,27)/t14-/m1/s1. The van der Waals surface area contributed by atoms with E-state index in [0.717, 1.165) is 0 Å². The van der Waals surface area contributed by atoms with E-state index in [9.17, 15) is 18.0 Å². The summed E-state index contributed by atoms with van der Waals surface area (Å²) in [5.41, 5.74) is 6.52. The fourth-order valence-electron chi connectivity index (χ4n) is 3.30. The Kier molecular flexibility index (Phi) is 7.02. The van der Waals surface area contributed by atoms with Crippen molar-refractivity contribution < 1.29 is 18.0 Å². The molecule has 1 aliphatic heterocycles. The van der Waals surface area contributed by atoms with Gasteiger partial charge in [-0.1, -0.05) is 29.3 Å². The summed E-state index contributed by atoms with van der Waals surface area (Å²) < 4.78 is 27.1. The Hall–Kier alpha value is -2.13. The lowest BCUT2D eigenvalue weighted by molar-refractivity contribution is -0.120. The summed E-state index contributed by atoms with van der Waals surface area (Å²) in [5, 5.41) is 3.49. The number of nitrogens with one attached hydrogen (secondary N) is 1. The molecule has 7 nitrogen and oxygen atoms in total. The number of carbonyl (C=O) groups is 2. The number of hydrogen-bond acceptors (Lipinski definition) is 4. The Morgan fingerprint density at radius 3 is 2.47 bits per heavy atom. The molecule has 0 bridgehead atoms. The lowest BCUT2D eigenvalue weighted by Gasteiger charge is -2.31. The van der Waals surface area contributed by atoms with Gasteiger partial charge in [-0.2, -0.15) is 0 Å². The fourth-order valence-corrected chi connectivity index (χ4v) is 5.49. The fraction of sp³-hybridized carbons (Fsp3) is 0.300. The maximum absolute atomic E-state index is 12.9. The number of benzene rings is 2. The molecule has 0 saturated carbocycles. The number of carbonyl (C=O) groups excluding carboxylic acids is 2. The monoisotopic (exact) mass is 469 g/mol. The molecular weight excluding hydrogens is 449 g/mol. The Bertz CT molecular complexity index is 1060. The second-order valence-electron chi connectivity index (χ2n) is 7.12. The highest BCUT2D eigenvalue weighted by atomic mass is 35.5. The van der Waals surface area contributed by atoms with Gasteiger partial charge in [0.1, 0.15) is 0 Å². The average Bonchev–Trinajstić information content (AvgIpc) is 2.70. The number of sulfonamides is 1. The molecule has 30 heavy (non-hydrogen) atoms. The summed E-state index contributed by atoms with van der Waals surface area (Å²) >= 11 is 12.0. The van der Waals surface area contributed by atoms with Crippen LogP contribution < -0.4 is 11.1 Å². The van der Waals surface area contributed by atoms with Crippen LogP contribution in [0.4, 0.5) is 5.69 Å². The first-order valence-electron chi connectivity index (χ1n) is 9.28. The molecule has 2 amide bonds. The first-order chi connectivity index (χ1) is 14.2. The quantitative estimate of drug-likeness (QED) is 0.675. The average molecular weight is 470 g/mol. The molecule has 3 N–H and O–H groups in total. The van der Waals surface area contributed by atoms with Gasteiger partial charge in [0.2, 0.25) is 21.8 Å². The van der Waals surface area contributed by atoms with Crippen molar-refractivity contribution in [3.63, 3.8) is 0 Å². The highest BCUT2D eigenvalue weighted by Gasteiger charge is 2.32. The van der Waals surface area contributed by atoms with Gasteiger partial charge in [-0.3, -0.25) is 9.59 Å². The molecule has 0 aliphatic carbocycles. The Balaban J connectivity index is 1.66. The number of hydrogen-bond donors (Lipinski definition) is 2. The zero-order valence-corrected chi connectivity index (χ0v) is 18.3. The van der Waals surface area contributed by atoms with Gasteiger partial charge in [0.15, 0.2) is 0 Å². The molecule has 0 radical (unpaired) electrons. The second-order valence-corrected chi connectivity index (χ2v) is 9.93. The molecule has 0 unspecified atom stereocenters. The van der Waals surface area contributed by atoms with Crippen LogP contribution in [0.25, 0.3) is 0 Å². The zero-order chi connectivity index (χ0) is 21.9. The van der Waals surface area contributed by atoms with Crippen LogP contribution in [0.1, 0.15) is 28.8 Å². The van der Waals surface area contributed by atoms with E-state index in [-0.39, 0.29) is 23.2 Å². The van der Waals surface area contributed by atoms with Gasteiger partial charge in [0.05, 0.1) is 11.7 Å². The molecule has 2 aromatic rings. The van der Waals surface area contributed by atoms with Gasteiger partial charge in [0.25, 0.3) is 0 Å².